The number of carbonyl (C=O) groups is 4. The van der Waals surface area contributed by atoms with E-state index in [2.05, 4.69) is 29.0 Å². The zero-order valence-electron chi connectivity index (χ0n) is 46.1. The number of nitrogens with two attached hydrogens (primary N) is 1. The van der Waals surface area contributed by atoms with Crippen molar-refractivity contribution in [3.63, 3.8) is 0 Å². The summed E-state index contributed by atoms with van der Waals surface area (Å²) >= 11 is 0. The molecule has 9 unspecified atom stereocenters. The number of methoxy groups -OCH3 is 1. The molecule has 1 saturated heterocycles. The number of anilines is 3. The number of phenols is 1. The van der Waals surface area contributed by atoms with Crippen molar-refractivity contribution in [3.05, 3.63) is 103 Å². The van der Waals surface area contributed by atoms with E-state index in [1.807, 2.05) is 0 Å². The standard InChI is InChI=1S/C58H67N5O17/c1-26(2)25-62-17-19-63(20-18-62)34-23-36(64)43-39(24-34)77-52-44(60-43)40-41-48(67)32(8)51-42(40)53(69)58(9,80-51)76-21-16-37(75-10)29(5)50(79-57(74)56(73)78-38-22-33(59)14-15-35(38)55(71)72)31(7)47(66)30(6)46(65)27(3)12-11-13-28(4)54(70)61-45(52)49(41)68/h11-16,21-24,26-27,29-31,37,46-47,50,65-67,69H,17-20,25,59H2,1-10H3,(H,61,70)(H,71,72)/b12-11+,21-16+,28-13-. The molecule has 1 aromatic heterocycles. The number of aliphatic hydroxyl groups is 3. The van der Waals surface area contributed by atoms with Crippen LogP contribution in [0.2, 0.25) is 0 Å². The Morgan fingerprint density at radius 2 is 1.61 bits per heavy atom. The predicted octanol–water partition coefficient (Wildman–Crippen LogP) is 5.20. The highest BCUT2D eigenvalue weighted by molar-refractivity contribution is 6.30. The molecule has 9 rings (SSSR count). The molecular formula is C58H67N5O17. The van der Waals surface area contributed by atoms with Gasteiger partial charge in [0, 0.05) is 117 Å². The molecule has 0 spiro atoms. The third-order valence-electron chi connectivity index (χ3n) is 15.3. The monoisotopic (exact) mass is 1110 g/mol. The quantitative estimate of drug-likeness (QED) is 0.0275. The first-order chi connectivity index (χ1) is 37.8. The van der Waals surface area contributed by atoms with Crippen molar-refractivity contribution in [2.45, 2.75) is 92.5 Å². The van der Waals surface area contributed by atoms with Crippen LogP contribution in [0.25, 0.3) is 38.7 Å². The van der Waals surface area contributed by atoms with Gasteiger partial charge in [0.2, 0.25) is 10.9 Å². The number of aromatic hydroxyl groups is 1. The van der Waals surface area contributed by atoms with E-state index in [1.54, 1.807) is 32.9 Å². The number of carboxylic acid groups (broad SMARTS) is 1. The second-order valence-corrected chi connectivity index (χ2v) is 21.5. The zero-order chi connectivity index (χ0) is 58.4. The molecule has 0 saturated carbocycles. The smallest absolute Gasteiger partial charge is 0.422 e. The van der Waals surface area contributed by atoms with Crippen LogP contribution in [0.4, 0.5) is 17.1 Å². The van der Waals surface area contributed by atoms with Gasteiger partial charge < -0.3 is 69.6 Å². The normalized spacial score (nSPS) is 26.7. The molecule has 5 heterocycles. The minimum absolute atomic E-state index is 0.00905. The number of nitrogen functional groups attached to an aromatic ring is 1. The van der Waals surface area contributed by atoms with E-state index >= 15 is 4.79 Å². The number of carbonyl (C=O) groups excluding carboxylic acids is 3. The minimum atomic E-state index is -2.12. The fourth-order valence-electron chi connectivity index (χ4n) is 10.7. The zero-order valence-corrected chi connectivity index (χ0v) is 46.1. The van der Waals surface area contributed by atoms with Gasteiger partial charge in [0.1, 0.15) is 40.1 Å². The lowest BCUT2D eigenvalue weighted by Gasteiger charge is -2.38. The molecule has 426 valence electrons. The van der Waals surface area contributed by atoms with Crippen LogP contribution in [0.5, 0.6) is 17.2 Å². The van der Waals surface area contributed by atoms with Gasteiger partial charge in [-0.2, -0.15) is 0 Å². The van der Waals surface area contributed by atoms with Crippen LogP contribution in [0.15, 0.2) is 80.5 Å². The molecule has 1 amide bonds. The van der Waals surface area contributed by atoms with Crippen molar-refractivity contribution < 1.29 is 72.8 Å². The van der Waals surface area contributed by atoms with E-state index in [0.29, 0.717) is 24.7 Å². The van der Waals surface area contributed by atoms with Crippen molar-refractivity contribution in [3.8, 4) is 17.2 Å². The first-order valence-electron chi connectivity index (χ1n) is 26.3. The summed E-state index contributed by atoms with van der Waals surface area (Å²) in [6, 6.07) is 6.48. The van der Waals surface area contributed by atoms with Gasteiger partial charge in [-0.3, -0.25) is 19.3 Å². The number of allylic oxidation sites excluding steroid dienone is 2. The SMILES string of the molecule is COC1/C=C/OC2(C)Oc3c(C)c(O)c4c(=O)c(c5oc6cc(N7CCN(CC(C)C)CC7)cc(=O)c6nc5c4c3=C2O)NC(=O)/C(C)=C\C=C\C(C)C(O)C(C)C(O)C(C)C(OC(=O)C(=O)Oc2cc(N)ccc2C(=O)O)C1C. The van der Waals surface area contributed by atoms with Gasteiger partial charge in [0.05, 0.1) is 35.2 Å². The number of nitrogens with one attached hydrogen (secondary N) is 1. The van der Waals surface area contributed by atoms with Crippen molar-refractivity contribution in [1.29, 1.82) is 0 Å². The first kappa shape index (κ1) is 58.1. The molecule has 5 aromatic rings. The van der Waals surface area contributed by atoms with E-state index < -0.39 is 122 Å². The van der Waals surface area contributed by atoms with Crippen LogP contribution >= 0.6 is 0 Å². The number of ether oxygens (including phenoxy) is 5. The Morgan fingerprint density at radius 1 is 0.912 bits per heavy atom. The summed E-state index contributed by atoms with van der Waals surface area (Å²) in [6.45, 7) is 18.5. The van der Waals surface area contributed by atoms with Gasteiger partial charge in [-0.25, -0.2) is 19.4 Å². The average Bonchev–Trinajstić information content (AvgIpc) is 3.82. The fourth-order valence-corrected chi connectivity index (χ4v) is 10.7. The summed E-state index contributed by atoms with van der Waals surface area (Å²) in [5.41, 5.74) is 3.45. The number of amides is 1. The highest BCUT2D eigenvalue weighted by Gasteiger charge is 2.45. The van der Waals surface area contributed by atoms with E-state index in [4.69, 9.17) is 38.8 Å². The van der Waals surface area contributed by atoms with E-state index in [-0.39, 0.29) is 55.4 Å². The third kappa shape index (κ3) is 11.1. The number of fused-ring (bicyclic) bond motifs is 14. The number of piperazine rings is 1. The number of phenolic OH excluding ortho intramolecular Hbond substituents is 1. The number of carboxylic acids is 1. The number of nitrogens with zero attached hydrogens (tertiary/aromatic N) is 3. The summed E-state index contributed by atoms with van der Waals surface area (Å²) in [5, 5.41) is 59.5. The van der Waals surface area contributed by atoms with Crippen LogP contribution in [0.1, 0.15) is 71.3 Å². The van der Waals surface area contributed by atoms with E-state index in [0.717, 1.165) is 38.0 Å². The molecule has 8 N–H and O–H groups in total. The highest BCUT2D eigenvalue weighted by Crippen LogP contribution is 2.42. The van der Waals surface area contributed by atoms with Crippen molar-refractivity contribution >= 4 is 79.6 Å². The Kier molecular flexibility index (Phi) is 16.7. The molecule has 22 heteroatoms. The van der Waals surface area contributed by atoms with Gasteiger partial charge in [0.15, 0.2) is 22.4 Å². The highest BCUT2D eigenvalue weighted by atomic mass is 16.7. The number of esters is 2. The van der Waals surface area contributed by atoms with Crippen LogP contribution in [0, 0.1) is 36.5 Å². The number of rotatable bonds is 7. The number of aromatic carboxylic acids is 1. The molecule has 80 heavy (non-hydrogen) atoms. The van der Waals surface area contributed by atoms with E-state index in [1.165, 1.54) is 65.2 Å². The van der Waals surface area contributed by atoms with Crippen LogP contribution in [0.3, 0.4) is 0 Å². The van der Waals surface area contributed by atoms with Gasteiger partial charge in [0.25, 0.3) is 5.91 Å². The maximum Gasteiger partial charge on any atom is 0.422 e. The first-order valence-corrected chi connectivity index (χ1v) is 26.3. The summed E-state index contributed by atoms with van der Waals surface area (Å²) < 4.78 is 35.8. The maximum absolute atomic E-state index is 15.0. The lowest BCUT2D eigenvalue weighted by atomic mass is 9.78. The molecule has 4 aliphatic rings. The molecule has 22 nitrogen and oxygen atoms in total. The molecule has 5 bridgehead atoms. The largest absolute Gasteiger partial charge is 0.507 e. The Balaban J connectivity index is 1.26. The summed E-state index contributed by atoms with van der Waals surface area (Å²) in [7, 11) is 1.32. The molecule has 9 atom stereocenters. The Hall–Kier alpha value is -8.05. The lowest BCUT2D eigenvalue weighted by Crippen LogP contribution is -2.47. The van der Waals surface area contributed by atoms with Crippen LogP contribution < -0.4 is 41.5 Å². The van der Waals surface area contributed by atoms with Crippen molar-refractivity contribution in [1.82, 2.24) is 9.88 Å². The topological polar surface area (TPSA) is 320 Å². The molecule has 0 aliphatic carbocycles. The Bertz CT molecular complexity index is 3580. The van der Waals surface area contributed by atoms with Crippen molar-refractivity contribution in [2.24, 2.45) is 29.6 Å². The molecule has 0 radical (unpaired) electrons. The van der Waals surface area contributed by atoms with Crippen molar-refractivity contribution in [2.75, 3.05) is 55.8 Å². The van der Waals surface area contributed by atoms with Crippen LogP contribution in [-0.4, -0.2) is 129 Å². The van der Waals surface area contributed by atoms with E-state index in [9.17, 15) is 49.5 Å². The molecule has 4 aliphatic heterocycles. The number of benzene rings is 4. The third-order valence-corrected chi connectivity index (χ3v) is 15.3. The summed E-state index contributed by atoms with van der Waals surface area (Å²) in [6.07, 6.45) is 1.75. The summed E-state index contributed by atoms with van der Waals surface area (Å²) in [4.78, 5) is 91.5. The van der Waals surface area contributed by atoms with Gasteiger partial charge in [-0.15, -0.1) is 0 Å². The molecule has 4 aromatic carbocycles. The minimum Gasteiger partial charge on any atom is -0.507 e. The van der Waals surface area contributed by atoms with Gasteiger partial charge in [-0.05, 0) is 38.0 Å². The van der Waals surface area contributed by atoms with Crippen LogP contribution in [-0.2, 0) is 28.6 Å². The number of hydrogen-bond donors (Lipinski definition) is 7. The number of aromatic nitrogens is 1. The molecule has 1 fully saturated rings. The Morgan fingerprint density at radius 3 is 2.27 bits per heavy atom. The Labute approximate surface area is 459 Å². The fraction of sp³-hybridized carbons (Fsp3) is 0.431. The number of aliphatic hydroxyl groups excluding tert-OH is 3. The lowest BCUT2D eigenvalue weighted by molar-refractivity contribution is -0.175. The number of hydrogen-bond acceptors (Lipinski definition) is 20. The van der Waals surface area contributed by atoms with Gasteiger partial charge in [-0.1, -0.05) is 59.8 Å². The molecular weight excluding hydrogens is 1040 g/mol. The predicted molar refractivity (Wildman–Crippen MR) is 296 cm³/mol. The second-order valence-electron chi connectivity index (χ2n) is 21.5. The maximum atomic E-state index is 15.0. The second kappa shape index (κ2) is 23.0. The average molecular weight is 1110 g/mol. The summed E-state index contributed by atoms with van der Waals surface area (Å²) in [5.74, 6) is -12.7. The van der Waals surface area contributed by atoms with Gasteiger partial charge >= 0.3 is 23.7 Å².